The molecule has 3 rings (SSSR count). The summed E-state index contributed by atoms with van der Waals surface area (Å²) in [5.41, 5.74) is 4.76. The summed E-state index contributed by atoms with van der Waals surface area (Å²) >= 11 is 0. The molecule has 2 heterocycles. The Labute approximate surface area is 137 Å². The maximum atomic E-state index is 4.62. The number of aryl methyl sites for hydroxylation is 2. The first-order valence-corrected chi connectivity index (χ1v) is 8.03. The van der Waals surface area contributed by atoms with Crippen LogP contribution in [-0.4, -0.2) is 21.3 Å². The number of nitrogens with one attached hydrogen (secondary N) is 1. The second kappa shape index (κ2) is 7.70. The number of nitrogens with zero attached hydrogens (tertiary/aromatic N) is 3. The van der Waals surface area contributed by atoms with Gasteiger partial charge < -0.3 is 5.32 Å². The Bertz CT molecular complexity index is 720. The Morgan fingerprint density at radius 2 is 1.96 bits per heavy atom. The summed E-state index contributed by atoms with van der Waals surface area (Å²) in [5, 5.41) is 8.08. The minimum atomic E-state index is 0.871. The lowest BCUT2D eigenvalue weighted by atomic mass is 10.1. The molecule has 0 fully saturated rings. The third kappa shape index (κ3) is 4.27. The minimum absolute atomic E-state index is 0.871. The lowest BCUT2D eigenvalue weighted by molar-refractivity contribution is 0.647. The van der Waals surface area contributed by atoms with Crippen molar-refractivity contribution in [3.63, 3.8) is 0 Å². The first-order chi connectivity index (χ1) is 11.3. The first kappa shape index (κ1) is 15.4. The molecule has 0 saturated carbocycles. The highest BCUT2D eigenvalue weighted by atomic mass is 15.3. The second-order valence-corrected chi connectivity index (χ2v) is 5.66. The van der Waals surface area contributed by atoms with Crippen LogP contribution in [0.25, 0.3) is 5.69 Å². The summed E-state index contributed by atoms with van der Waals surface area (Å²) in [5.74, 6) is 0. The lowest BCUT2D eigenvalue weighted by Gasteiger charge is -2.04. The summed E-state index contributed by atoms with van der Waals surface area (Å²) in [4.78, 5) is 4.12. The summed E-state index contributed by atoms with van der Waals surface area (Å²) in [6, 6.07) is 14.3. The molecule has 118 valence electrons. The van der Waals surface area contributed by atoms with Crippen molar-refractivity contribution in [2.24, 2.45) is 0 Å². The zero-order chi connectivity index (χ0) is 15.9. The van der Waals surface area contributed by atoms with Crippen molar-refractivity contribution in [1.82, 2.24) is 20.1 Å². The highest BCUT2D eigenvalue weighted by Gasteiger charge is 2.05. The Morgan fingerprint density at radius 3 is 2.74 bits per heavy atom. The van der Waals surface area contributed by atoms with Gasteiger partial charge in [0.15, 0.2) is 0 Å². The lowest BCUT2D eigenvalue weighted by Crippen LogP contribution is -2.15. The SMILES string of the molecule is Cc1nn(-c2ccccc2)cc1CCCNCc1cccnc1. The van der Waals surface area contributed by atoms with Gasteiger partial charge in [-0.2, -0.15) is 5.10 Å². The van der Waals surface area contributed by atoms with Gasteiger partial charge in [-0.25, -0.2) is 4.68 Å². The van der Waals surface area contributed by atoms with Crippen LogP contribution < -0.4 is 5.32 Å². The molecule has 0 saturated heterocycles. The zero-order valence-corrected chi connectivity index (χ0v) is 13.4. The van der Waals surface area contributed by atoms with E-state index in [0.29, 0.717) is 0 Å². The molecule has 0 radical (unpaired) electrons. The number of benzene rings is 1. The van der Waals surface area contributed by atoms with Crippen molar-refractivity contribution in [1.29, 1.82) is 0 Å². The Hall–Kier alpha value is -2.46. The van der Waals surface area contributed by atoms with Crippen LogP contribution in [-0.2, 0) is 13.0 Å². The van der Waals surface area contributed by atoms with E-state index in [1.807, 2.05) is 35.1 Å². The predicted molar refractivity (Wildman–Crippen MR) is 92.6 cm³/mol. The van der Waals surface area contributed by atoms with Crippen LogP contribution in [0.15, 0.2) is 61.1 Å². The molecule has 3 aromatic rings. The Balaban J connectivity index is 1.48. The second-order valence-electron chi connectivity index (χ2n) is 5.66. The molecule has 0 aliphatic heterocycles. The topological polar surface area (TPSA) is 42.7 Å². The molecule has 0 bridgehead atoms. The van der Waals surface area contributed by atoms with E-state index in [-0.39, 0.29) is 0 Å². The molecule has 1 aromatic carbocycles. The third-order valence-corrected chi connectivity index (χ3v) is 3.87. The number of aromatic nitrogens is 3. The number of pyridine rings is 1. The normalized spacial score (nSPS) is 10.8. The smallest absolute Gasteiger partial charge is 0.0645 e. The summed E-state index contributed by atoms with van der Waals surface area (Å²) in [6.07, 6.45) is 7.99. The summed E-state index contributed by atoms with van der Waals surface area (Å²) in [7, 11) is 0. The molecule has 4 nitrogen and oxygen atoms in total. The molecule has 1 N–H and O–H groups in total. The highest BCUT2D eigenvalue weighted by Crippen LogP contribution is 2.13. The third-order valence-electron chi connectivity index (χ3n) is 3.87. The standard InChI is InChI=1S/C19H22N4/c1-16-18(15-23(22-16)19-9-3-2-4-10-19)8-6-12-21-14-17-7-5-11-20-13-17/h2-5,7,9-11,13,15,21H,6,8,12,14H2,1H3. The summed E-state index contributed by atoms with van der Waals surface area (Å²) in [6.45, 7) is 3.94. The maximum absolute atomic E-state index is 4.62. The monoisotopic (exact) mass is 306 g/mol. The van der Waals surface area contributed by atoms with Gasteiger partial charge in [-0.05, 0) is 55.6 Å². The van der Waals surface area contributed by atoms with Crippen LogP contribution in [0.2, 0.25) is 0 Å². The fourth-order valence-corrected chi connectivity index (χ4v) is 2.59. The number of rotatable bonds is 7. The van der Waals surface area contributed by atoms with E-state index in [1.165, 1.54) is 11.1 Å². The van der Waals surface area contributed by atoms with E-state index >= 15 is 0 Å². The fourth-order valence-electron chi connectivity index (χ4n) is 2.59. The average molecular weight is 306 g/mol. The van der Waals surface area contributed by atoms with Gasteiger partial charge in [0.05, 0.1) is 11.4 Å². The molecule has 23 heavy (non-hydrogen) atoms. The van der Waals surface area contributed by atoms with E-state index in [1.54, 1.807) is 6.20 Å². The van der Waals surface area contributed by atoms with Crippen LogP contribution in [0.4, 0.5) is 0 Å². The van der Waals surface area contributed by atoms with Crippen LogP contribution in [0.5, 0.6) is 0 Å². The van der Waals surface area contributed by atoms with Gasteiger partial charge in [-0.1, -0.05) is 24.3 Å². The number of para-hydroxylation sites is 1. The van der Waals surface area contributed by atoms with E-state index in [9.17, 15) is 0 Å². The molecule has 0 unspecified atom stereocenters. The van der Waals surface area contributed by atoms with Crippen LogP contribution in [0.3, 0.4) is 0 Å². The van der Waals surface area contributed by atoms with Crippen molar-refractivity contribution in [2.45, 2.75) is 26.3 Å². The highest BCUT2D eigenvalue weighted by molar-refractivity contribution is 5.32. The average Bonchev–Trinajstić information content (AvgIpc) is 2.97. The van der Waals surface area contributed by atoms with Gasteiger partial charge in [0, 0.05) is 25.1 Å². The Kier molecular flexibility index (Phi) is 5.17. The van der Waals surface area contributed by atoms with Gasteiger partial charge >= 0.3 is 0 Å². The minimum Gasteiger partial charge on any atom is -0.313 e. The van der Waals surface area contributed by atoms with E-state index < -0.39 is 0 Å². The van der Waals surface area contributed by atoms with Crippen molar-refractivity contribution < 1.29 is 0 Å². The maximum Gasteiger partial charge on any atom is 0.0645 e. The molecule has 0 aliphatic rings. The zero-order valence-electron chi connectivity index (χ0n) is 13.4. The van der Waals surface area contributed by atoms with Crippen LogP contribution in [0, 0.1) is 6.92 Å². The van der Waals surface area contributed by atoms with Crippen molar-refractivity contribution in [3.05, 3.63) is 77.9 Å². The van der Waals surface area contributed by atoms with Crippen molar-refractivity contribution in [3.8, 4) is 5.69 Å². The molecule has 0 amide bonds. The molecule has 0 aliphatic carbocycles. The van der Waals surface area contributed by atoms with E-state index in [4.69, 9.17) is 0 Å². The van der Waals surface area contributed by atoms with Gasteiger partial charge in [0.1, 0.15) is 0 Å². The molecule has 0 spiro atoms. The van der Waals surface area contributed by atoms with Crippen molar-refractivity contribution in [2.75, 3.05) is 6.54 Å². The molecule has 4 heteroatoms. The van der Waals surface area contributed by atoms with E-state index in [0.717, 1.165) is 37.3 Å². The van der Waals surface area contributed by atoms with Gasteiger partial charge in [0.25, 0.3) is 0 Å². The van der Waals surface area contributed by atoms with Gasteiger partial charge in [0.2, 0.25) is 0 Å². The van der Waals surface area contributed by atoms with Crippen LogP contribution in [0.1, 0.15) is 23.2 Å². The molecule has 2 aromatic heterocycles. The molecular formula is C19H22N4. The summed E-state index contributed by atoms with van der Waals surface area (Å²) < 4.78 is 1.97. The molecular weight excluding hydrogens is 284 g/mol. The van der Waals surface area contributed by atoms with Crippen LogP contribution >= 0.6 is 0 Å². The first-order valence-electron chi connectivity index (χ1n) is 8.03. The largest absolute Gasteiger partial charge is 0.313 e. The number of hydrogen-bond donors (Lipinski definition) is 1. The Morgan fingerprint density at radius 1 is 1.09 bits per heavy atom. The van der Waals surface area contributed by atoms with Gasteiger partial charge in [-0.3, -0.25) is 4.98 Å². The molecule has 0 atom stereocenters. The van der Waals surface area contributed by atoms with E-state index in [2.05, 4.69) is 46.7 Å². The number of hydrogen-bond acceptors (Lipinski definition) is 3. The van der Waals surface area contributed by atoms with Crippen molar-refractivity contribution >= 4 is 0 Å². The quantitative estimate of drug-likeness (QED) is 0.681. The predicted octanol–water partition coefficient (Wildman–Crippen LogP) is 3.30. The van der Waals surface area contributed by atoms with Gasteiger partial charge in [-0.15, -0.1) is 0 Å². The fraction of sp³-hybridized carbons (Fsp3) is 0.263.